The molecule has 0 radical (unpaired) electrons. The average molecular weight is 227 g/mol. The molecule has 2 rings (SSSR count). The van der Waals surface area contributed by atoms with Crippen LogP contribution in [0.15, 0.2) is 6.20 Å². The van der Waals surface area contributed by atoms with Crippen molar-refractivity contribution in [2.24, 2.45) is 0 Å². The monoisotopic (exact) mass is 226 g/mol. The fraction of sp³-hybridized carbons (Fsp3) is 0.600. The van der Waals surface area contributed by atoms with E-state index in [-0.39, 0.29) is 5.95 Å². The van der Waals surface area contributed by atoms with E-state index in [4.69, 9.17) is 17.3 Å². The smallest absolute Gasteiger partial charge is 0.222 e. The van der Waals surface area contributed by atoms with Crippen LogP contribution in [-0.2, 0) is 0 Å². The molecule has 0 spiro atoms. The highest BCUT2D eigenvalue weighted by atomic mass is 35.5. The van der Waals surface area contributed by atoms with Crippen LogP contribution in [0.5, 0.6) is 0 Å². The molecule has 0 aromatic carbocycles. The molecule has 1 heterocycles. The zero-order valence-electron chi connectivity index (χ0n) is 8.78. The van der Waals surface area contributed by atoms with Crippen LogP contribution in [0.2, 0.25) is 5.02 Å². The Bertz CT molecular complexity index is 349. The molecule has 0 atom stereocenters. The third-order valence-corrected chi connectivity index (χ3v) is 3.22. The first-order valence-corrected chi connectivity index (χ1v) is 5.57. The summed E-state index contributed by atoms with van der Waals surface area (Å²) in [7, 11) is 2.02. The molecular formula is C10H15ClN4. The van der Waals surface area contributed by atoms with Crippen LogP contribution in [0.4, 0.5) is 11.8 Å². The van der Waals surface area contributed by atoms with Gasteiger partial charge in [-0.2, -0.15) is 4.98 Å². The number of nitrogens with two attached hydrogens (primary N) is 1. The lowest BCUT2D eigenvalue weighted by molar-refractivity contribution is 0.646. The molecule has 0 unspecified atom stereocenters. The van der Waals surface area contributed by atoms with E-state index in [0.29, 0.717) is 11.1 Å². The Labute approximate surface area is 94.5 Å². The zero-order valence-corrected chi connectivity index (χ0v) is 9.54. The van der Waals surface area contributed by atoms with Crippen LogP contribution in [0.25, 0.3) is 0 Å². The van der Waals surface area contributed by atoms with Gasteiger partial charge in [-0.1, -0.05) is 24.4 Å². The zero-order chi connectivity index (χ0) is 10.8. The Balaban J connectivity index is 2.23. The lowest BCUT2D eigenvalue weighted by Crippen LogP contribution is -2.30. The maximum Gasteiger partial charge on any atom is 0.222 e. The lowest BCUT2D eigenvalue weighted by atomic mass is 10.2. The SMILES string of the molecule is CN(c1nc(N)ncc1Cl)C1CCCC1. The van der Waals surface area contributed by atoms with Crippen LogP contribution in [-0.4, -0.2) is 23.1 Å². The number of nitrogens with zero attached hydrogens (tertiary/aromatic N) is 3. The molecule has 2 N–H and O–H groups in total. The van der Waals surface area contributed by atoms with Crippen molar-refractivity contribution in [1.82, 2.24) is 9.97 Å². The molecule has 82 valence electrons. The molecule has 1 aromatic rings. The van der Waals surface area contributed by atoms with E-state index in [9.17, 15) is 0 Å². The second kappa shape index (κ2) is 4.23. The van der Waals surface area contributed by atoms with E-state index < -0.39 is 0 Å². The molecule has 5 heteroatoms. The standard InChI is InChI=1S/C10H15ClN4/c1-15(7-4-2-3-5-7)9-8(11)6-13-10(12)14-9/h6-7H,2-5H2,1H3,(H2,12,13,14). The van der Waals surface area contributed by atoms with Crippen molar-refractivity contribution in [1.29, 1.82) is 0 Å². The second-order valence-corrected chi connectivity index (χ2v) is 4.36. The van der Waals surface area contributed by atoms with E-state index in [1.54, 1.807) is 6.20 Å². The highest BCUT2D eigenvalue weighted by Crippen LogP contribution is 2.29. The van der Waals surface area contributed by atoms with Crippen molar-refractivity contribution in [3.05, 3.63) is 11.2 Å². The topological polar surface area (TPSA) is 55.0 Å². The molecule has 0 bridgehead atoms. The normalized spacial score (nSPS) is 16.9. The summed E-state index contributed by atoms with van der Waals surface area (Å²) in [5.41, 5.74) is 5.56. The maximum absolute atomic E-state index is 6.05. The van der Waals surface area contributed by atoms with Crippen LogP contribution in [0.3, 0.4) is 0 Å². The largest absolute Gasteiger partial charge is 0.368 e. The highest BCUT2D eigenvalue weighted by molar-refractivity contribution is 6.32. The van der Waals surface area contributed by atoms with Gasteiger partial charge in [-0.3, -0.25) is 0 Å². The molecule has 1 aliphatic carbocycles. The molecular weight excluding hydrogens is 212 g/mol. The van der Waals surface area contributed by atoms with Gasteiger partial charge in [-0.15, -0.1) is 0 Å². The van der Waals surface area contributed by atoms with E-state index in [2.05, 4.69) is 14.9 Å². The van der Waals surface area contributed by atoms with Gasteiger partial charge in [0.25, 0.3) is 0 Å². The summed E-state index contributed by atoms with van der Waals surface area (Å²) >= 11 is 6.05. The third-order valence-electron chi connectivity index (χ3n) is 2.95. The molecule has 0 amide bonds. The minimum Gasteiger partial charge on any atom is -0.368 e. The van der Waals surface area contributed by atoms with Gasteiger partial charge in [0.15, 0.2) is 5.82 Å². The lowest BCUT2D eigenvalue weighted by Gasteiger charge is -2.25. The number of nitrogen functional groups attached to an aromatic ring is 1. The van der Waals surface area contributed by atoms with Gasteiger partial charge >= 0.3 is 0 Å². The van der Waals surface area contributed by atoms with E-state index >= 15 is 0 Å². The van der Waals surface area contributed by atoms with Crippen molar-refractivity contribution in [3.63, 3.8) is 0 Å². The first-order valence-electron chi connectivity index (χ1n) is 5.19. The minimum atomic E-state index is 0.277. The number of rotatable bonds is 2. The number of aromatic nitrogens is 2. The van der Waals surface area contributed by atoms with Gasteiger partial charge in [-0.25, -0.2) is 4.98 Å². The first kappa shape index (κ1) is 10.5. The molecule has 0 aliphatic heterocycles. The van der Waals surface area contributed by atoms with Crippen molar-refractivity contribution in [2.45, 2.75) is 31.7 Å². The van der Waals surface area contributed by atoms with Gasteiger partial charge in [-0.05, 0) is 12.8 Å². The molecule has 1 aliphatic rings. The van der Waals surface area contributed by atoms with Gasteiger partial charge in [0.1, 0.15) is 5.02 Å². The van der Waals surface area contributed by atoms with Gasteiger partial charge in [0, 0.05) is 13.1 Å². The summed E-state index contributed by atoms with van der Waals surface area (Å²) in [6.07, 6.45) is 6.54. The minimum absolute atomic E-state index is 0.277. The van der Waals surface area contributed by atoms with Crippen LogP contribution in [0.1, 0.15) is 25.7 Å². The van der Waals surface area contributed by atoms with Gasteiger partial charge < -0.3 is 10.6 Å². The van der Waals surface area contributed by atoms with Crippen molar-refractivity contribution in [2.75, 3.05) is 17.7 Å². The number of hydrogen-bond acceptors (Lipinski definition) is 4. The van der Waals surface area contributed by atoms with E-state index in [0.717, 1.165) is 5.82 Å². The molecule has 1 fully saturated rings. The Morgan fingerprint density at radius 2 is 2.13 bits per heavy atom. The fourth-order valence-corrected chi connectivity index (χ4v) is 2.31. The van der Waals surface area contributed by atoms with E-state index in [1.807, 2.05) is 7.05 Å². The van der Waals surface area contributed by atoms with Crippen LogP contribution in [0, 0.1) is 0 Å². The highest BCUT2D eigenvalue weighted by Gasteiger charge is 2.22. The molecule has 0 saturated heterocycles. The Morgan fingerprint density at radius 3 is 2.80 bits per heavy atom. The first-order chi connectivity index (χ1) is 7.18. The van der Waals surface area contributed by atoms with Crippen molar-refractivity contribution in [3.8, 4) is 0 Å². The summed E-state index contributed by atoms with van der Waals surface area (Å²) < 4.78 is 0. The Morgan fingerprint density at radius 1 is 1.47 bits per heavy atom. The summed E-state index contributed by atoms with van der Waals surface area (Å²) in [6, 6.07) is 0.539. The summed E-state index contributed by atoms with van der Waals surface area (Å²) in [4.78, 5) is 10.2. The summed E-state index contributed by atoms with van der Waals surface area (Å²) in [5, 5.41) is 0.568. The number of anilines is 2. The average Bonchev–Trinajstić information content (AvgIpc) is 2.74. The molecule has 4 nitrogen and oxygen atoms in total. The maximum atomic E-state index is 6.05. The van der Waals surface area contributed by atoms with Gasteiger partial charge in [0.2, 0.25) is 5.95 Å². The predicted octanol–water partition coefficient (Wildman–Crippen LogP) is 2.09. The second-order valence-electron chi connectivity index (χ2n) is 3.95. The van der Waals surface area contributed by atoms with E-state index in [1.165, 1.54) is 25.7 Å². The quantitative estimate of drug-likeness (QED) is 0.839. The number of halogens is 1. The molecule has 15 heavy (non-hydrogen) atoms. The van der Waals surface area contributed by atoms with Gasteiger partial charge in [0.05, 0.1) is 6.20 Å². The van der Waals surface area contributed by atoms with Crippen LogP contribution < -0.4 is 10.6 Å². The number of hydrogen-bond donors (Lipinski definition) is 1. The molecule has 1 aromatic heterocycles. The Hall–Kier alpha value is -1.03. The Kier molecular flexibility index (Phi) is 2.95. The molecule has 1 saturated carbocycles. The third kappa shape index (κ3) is 2.15. The summed E-state index contributed by atoms with van der Waals surface area (Å²) in [6.45, 7) is 0. The van der Waals surface area contributed by atoms with Crippen LogP contribution >= 0.6 is 11.6 Å². The fourth-order valence-electron chi connectivity index (χ4n) is 2.08. The predicted molar refractivity (Wildman–Crippen MR) is 62.1 cm³/mol. The van der Waals surface area contributed by atoms with Crippen molar-refractivity contribution >= 4 is 23.4 Å². The summed E-state index contributed by atoms with van der Waals surface area (Å²) in [5.74, 6) is 1.02. The van der Waals surface area contributed by atoms with Crippen molar-refractivity contribution < 1.29 is 0 Å².